The van der Waals surface area contributed by atoms with Crippen molar-refractivity contribution in [1.82, 2.24) is 14.1 Å². The number of benzene rings is 1. The summed E-state index contributed by atoms with van der Waals surface area (Å²) < 4.78 is 8.12. The van der Waals surface area contributed by atoms with Crippen LogP contribution < -0.4 is 11.2 Å². The number of fused-ring (bicyclic) bond motifs is 1. The van der Waals surface area contributed by atoms with Crippen molar-refractivity contribution < 1.29 is 14.9 Å². The Hall–Kier alpha value is -2.81. The van der Waals surface area contributed by atoms with Crippen molar-refractivity contribution >= 4 is 10.9 Å². The molecule has 1 fully saturated rings. The van der Waals surface area contributed by atoms with E-state index in [-0.39, 0.29) is 25.1 Å². The third-order valence-electron chi connectivity index (χ3n) is 5.32. The summed E-state index contributed by atoms with van der Waals surface area (Å²) in [5.41, 5.74) is 1.93. The number of para-hydroxylation sites is 1. The molecule has 152 valence electrons. The van der Waals surface area contributed by atoms with Crippen LogP contribution in [-0.4, -0.2) is 43.1 Å². The van der Waals surface area contributed by atoms with Crippen LogP contribution in [-0.2, 0) is 11.3 Å². The number of aromatic nitrogens is 3. The van der Waals surface area contributed by atoms with Gasteiger partial charge in [-0.05, 0) is 31.5 Å². The van der Waals surface area contributed by atoms with Gasteiger partial charge < -0.3 is 14.9 Å². The molecule has 8 nitrogen and oxygen atoms in total. The lowest BCUT2D eigenvalue weighted by atomic mass is 10.1. The zero-order valence-corrected chi connectivity index (χ0v) is 16.3. The normalized spacial score (nSPS) is 21.7. The largest absolute Gasteiger partial charge is 0.394 e. The summed E-state index contributed by atoms with van der Waals surface area (Å²) in [5.74, 6) is 0. The highest BCUT2D eigenvalue weighted by atomic mass is 16.5. The molecule has 3 aromatic rings. The monoisotopic (exact) mass is 397 g/mol. The number of hydrogen-bond donors (Lipinski definition) is 2. The Kier molecular flexibility index (Phi) is 5.08. The lowest BCUT2D eigenvalue weighted by Gasteiger charge is -2.18. The average molecular weight is 397 g/mol. The van der Waals surface area contributed by atoms with E-state index in [0.29, 0.717) is 5.56 Å². The fourth-order valence-corrected chi connectivity index (χ4v) is 3.85. The quantitative estimate of drug-likeness (QED) is 0.676. The molecule has 1 saturated heterocycles. The van der Waals surface area contributed by atoms with Gasteiger partial charge in [0.2, 0.25) is 0 Å². The smallest absolute Gasteiger partial charge is 0.333 e. The molecular formula is C21H23N3O5. The van der Waals surface area contributed by atoms with E-state index in [2.05, 4.69) is 4.98 Å². The van der Waals surface area contributed by atoms with Crippen molar-refractivity contribution in [1.29, 1.82) is 0 Å². The van der Waals surface area contributed by atoms with E-state index in [4.69, 9.17) is 4.74 Å². The number of ether oxygens (including phenoxy) is 1. The first-order valence-electron chi connectivity index (χ1n) is 9.51. The van der Waals surface area contributed by atoms with E-state index in [1.165, 1.54) is 15.3 Å². The van der Waals surface area contributed by atoms with E-state index in [1.807, 2.05) is 37.3 Å². The number of rotatable bonds is 4. The second-order valence-corrected chi connectivity index (χ2v) is 7.45. The number of aliphatic hydroxyl groups is 2. The van der Waals surface area contributed by atoms with E-state index in [0.717, 1.165) is 22.2 Å². The number of aliphatic hydroxyl groups excluding tert-OH is 2. The first-order chi connectivity index (χ1) is 13.9. The number of aryl methyl sites for hydroxylation is 2. The summed E-state index contributed by atoms with van der Waals surface area (Å²) in [7, 11) is 0. The fraction of sp³-hybridized carbons (Fsp3) is 0.381. The maximum absolute atomic E-state index is 13.1. The predicted octanol–water partition coefficient (Wildman–Crippen LogP) is 0.864. The standard InChI is InChI=1S/C21H23N3O5/c1-12-9-23(19-8-17(26)18(11-25)29-19)21(28)24(20(12)27)10-14-7-13(2)22-16-6-4-3-5-15(14)16/h3-7,9,17-19,25-26H,8,10-11H2,1-2H3. The summed E-state index contributed by atoms with van der Waals surface area (Å²) in [5, 5.41) is 20.2. The molecular weight excluding hydrogens is 374 g/mol. The van der Waals surface area contributed by atoms with Gasteiger partial charge in [-0.15, -0.1) is 0 Å². The summed E-state index contributed by atoms with van der Waals surface area (Å²) in [6, 6.07) is 9.47. The van der Waals surface area contributed by atoms with Gasteiger partial charge in [0.05, 0.1) is 24.8 Å². The molecule has 1 aromatic carbocycles. The molecule has 0 spiro atoms. The molecule has 1 aliphatic heterocycles. The summed E-state index contributed by atoms with van der Waals surface area (Å²) in [6.07, 6.45) is -0.742. The van der Waals surface area contributed by atoms with Crippen LogP contribution in [0.2, 0.25) is 0 Å². The van der Waals surface area contributed by atoms with E-state index in [9.17, 15) is 19.8 Å². The maximum atomic E-state index is 13.1. The van der Waals surface area contributed by atoms with Crippen LogP contribution in [0.15, 0.2) is 46.1 Å². The minimum absolute atomic E-state index is 0.0991. The topological polar surface area (TPSA) is 107 Å². The van der Waals surface area contributed by atoms with Crippen LogP contribution >= 0.6 is 0 Å². The SMILES string of the molecule is Cc1cc(Cn2c(=O)c(C)cn(C3CC(O)C(CO)O3)c2=O)c2ccccc2n1. The highest BCUT2D eigenvalue weighted by molar-refractivity contribution is 5.82. The Morgan fingerprint density at radius 2 is 2.00 bits per heavy atom. The highest BCUT2D eigenvalue weighted by Crippen LogP contribution is 2.27. The Labute approximate surface area is 166 Å². The number of hydrogen-bond acceptors (Lipinski definition) is 6. The minimum Gasteiger partial charge on any atom is -0.394 e. The summed E-state index contributed by atoms with van der Waals surface area (Å²) >= 11 is 0. The van der Waals surface area contributed by atoms with Crippen molar-refractivity contribution in [3.63, 3.8) is 0 Å². The first-order valence-corrected chi connectivity index (χ1v) is 9.51. The molecule has 0 radical (unpaired) electrons. The molecule has 1 aliphatic rings. The average Bonchev–Trinajstić information content (AvgIpc) is 3.08. The maximum Gasteiger partial charge on any atom is 0.333 e. The van der Waals surface area contributed by atoms with Gasteiger partial charge >= 0.3 is 5.69 Å². The van der Waals surface area contributed by atoms with Gasteiger partial charge in [-0.3, -0.25) is 18.9 Å². The van der Waals surface area contributed by atoms with E-state index in [1.54, 1.807) is 6.92 Å². The number of nitrogens with zero attached hydrogens (tertiary/aromatic N) is 3. The van der Waals surface area contributed by atoms with Gasteiger partial charge in [-0.1, -0.05) is 18.2 Å². The fourth-order valence-electron chi connectivity index (χ4n) is 3.85. The van der Waals surface area contributed by atoms with Crippen LogP contribution in [0.5, 0.6) is 0 Å². The minimum atomic E-state index is -0.871. The van der Waals surface area contributed by atoms with Crippen molar-refractivity contribution in [3.8, 4) is 0 Å². The molecule has 3 unspecified atom stereocenters. The Bertz CT molecular complexity index is 1180. The molecule has 3 heterocycles. The molecule has 2 aromatic heterocycles. The van der Waals surface area contributed by atoms with Crippen LogP contribution in [0, 0.1) is 13.8 Å². The second-order valence-electron chi connectivity index (χ2n) is 7.45. The van der Waals surface area contributed by atoms with Crippen molar-refractivity contribution in [3.05, 3.63) is 74.2 Å². The van der Waals surface area contributed by atoms with Gasteiger partial charge in [-0.2, -0.15) is 0 Å². The number of pyridine rings is 1. The lowest BCUT2D eigenvalue weighted by Crippen LogP contribution is -2.42. The summed E-state index contributed by atoms with van der Waals surface area (Å²) in [4.78, 5) is 30.4. The van der Waals surface area contributed by atoms with Crippen LogP contribution in [0.4, 0.5) is 0 Å². The van der Waals surface area contributed by atoms with Crippen molar-refractivity contribution in [2.24, 2.45) is 0 Å². The highest BCUT2D eigenvalue weighted by Gasteiger charge is 2.35. The zero-order chi connectivity index (χ0) is 20.7. The third-order valence-corrected chi connectivity index (χ3v) is 5.32. The van der Waals surface area contributed by atoms with E-state index >= 15 is 0 Å². The Morgan fingerprint density at radius 3 is 2.72 bits per heavy atom. The first kappa shape index (κ1) is 19.5. The molecule has 0 bridgehead atoms. The van der Waals surface area contributed by atoms with Gasteiger partial charge in [0.15, 0.2) is 0 Å². The summed E-state index contributed by atoms with van der Waals surface area (Å²) in [6.45, 7) is 3.27. The molecule has 4 rings (SSSR count). The van der Waals surface area contributed by atoms with Gasteiger partial charge in [0.25, 0.3) is 5.56 Å². The van der Waals surface area contributed by atoms with Crippen molar-refractivity contribution in [2.45, 2.75) is 45.2 Å². The Morgan fingerprint density at radius 1 is 1.24 bits per heavy atom. The Balaban J connectivity index is 1.81. The van der Waals surface area contributed by atoms with Gasteiger partial charge in [-0.25, -0.2) is 4.79 Å². The molecule has 2 N–H and O–H groups in total. The predicted molar refractivity (Wildman–Crippen MR) is 107 cm³/mol. The molecule has 29 heavy (non-hydrogen) atoms. The third kappa shape index (κ3) is 3.50. The van der Waals surface area contributed by atoms with Gasteiger partial charge in [0.1, 0.15) is 12.3 Å². The van der Waals surface area contributed by atoms with Crippen LogP contribution in [0.1, 0.15) is 29.5 Å². The van der Waals surface area contributed by atoms with E-state index < -0.39 is 24.1 Å². The molecule has 0 saturated carbocycles. The van der Waals surface area contributed by atoms with Crippen LogP contribution in [0.3, 0.4) is 0 Å². The van der Waals surface area contributed by atoms with Crippen molar-refractivity contribution in [2.75, 3.05) is 6.61 Å². The molecule has 0 aliphatic carbocycles. The van der Waals surface area contributed by atoms with Crippen LogP contribution in [0.25, 0.3) is 10.9 Å². The lowest BCUT2D eigenvalue weighted by molar-refractivity contribution is -0.0463. The zero-order valence-electron chi connectivity index (χ0n) is 16.3. The second kappa shape index (κ2) is 7.55. The molecule has 0 amide bonds. The van der Waals surface area contributed by atoms with Gasteiger partial charge in [0, 0.05) is 29.3 Å². The molecule has 3 atom stereocenters. The molecule has 8 heteroatoms.